The third-order valence-electron chi connectivity index (χ3n) is 8.51. The van der Waals surface area contributed by atoms with Gasteiger partial charge in [-0.05, 0) is 81.3 Å². The van der Waals surface area contributed by atoms with Crippen molar-refractivity contribution in [2.24, 2.45) is 10.8 Å². The molecule has 0 saturated carbocycles. The SMILES string of the molecule is CC(C)(C)Cc1ccnc(-n2c3[c-]c(Oc4[c-]c5c(cc4)oc4ccc6cc(CC(C)(C)C)cnc6c45)ccc3c3ccccc32)c1.[Pt+2]. The van der Waals surface area contributed by atoms with E-state index in [2.05, 4.69) is 113 Å². The summed E-state index contributed by atoms with van der Waals surface area (Å²) in [6.45, 7) is 13.5. The first-order chi connectivity index (χ1) is 22.5. The van der Waals surface area contributed by atoms with Gasteiger partial charge in [0.15, 0.2) is 0 Å². The molecule has 8 rings (SSSR count). The van der Waals surface area contributed by atoms with Crippen LogP contribution in [-0.2, 0) is 33.9 Å². The Hall–Kier alpha value is -4.47. The van der Waals surface area contributed by atoms with Gasteiger partial charge in [-0.15, -0.1) is 17.5 Å². The molecule has 0 unspecified atom stereocenters. The van der Waals surface area contributed by atoms with Crippen LogP contribution in [-0.4, -0.2) is 14.5 Å². The topological polar surface area (TPSA) is 53.1 Å². The summed E-state index contributed by atoms with van der Waals surface area (Å²) in [5.41, 5.74) is 7.28. The quantitative estimate of drug-likeness (QED) is 0.163. The van der Waals surface area contributed by atoms with Gasteiger partial charge in [0.25, 0.3) is 0 Å². The van der Waals surface area contributed by atoms with E-state index in [1.807, 2.05) is 36.7 Å². The summed E-state index contributed by atoms with van der Waals surface area (Å²) in [4.78, 5) is 9.72. The summed E-state index contributed by atoms with van der Waals surface area (Å²) in [5.74, 6) is 2.06. The molecule has 4 heterocycles. The minimum absolute atomic E-state index is 0. The van der Waals surface area contributed by atoms with Crippen LogP contribution in [0.2, 0.25) is 0 Å². The number of para-hydroxylation sites is 1. The predicted molar refractivity (Wildman–Crippen MR) is 192 cm³/mol. The second-order valence-corrected chi connectivity index (χ2v) is 15.1. The monoisotopic (exact) mass is 810 g/mol. The molecule has 4 aromatic heterocycles. The maximum atomic E-state index is 6.47. The van der Waals surface area contributed by atoms with Crippen LogP contribution in [0.4, 0.5) is 0 Å². The second-order valence-electron chi connectivity index (χ2n) is 15.1. The number of hydrogen-bond acceptors (Lipinski definition) is 4. The van der Waals surface area contributed by atoms with Crippen molar-refractivity contribution in [1.29, 1.82) is 0 Å². The van der Waals surface area contributed by atoms with Gasteiger partial charge >= 0.3 is 21.1 Å². The molecule has 4 aromatic carbocycles. The first-order valence-electron chi connectivity index (χ1n) is 16.2. The first kappa shape index (κ1) is 32.1. The molecule has 6 heteroatoms. The van der Waals surface area contributed by atoms with E-state index < -0.39 is 0 Å². The molecule has 0 atom stereocenters. The standard InChI is InChI=1S/C42H37N3O2.Pt/c1-41(2,3)23-26-17-18-43-38(20-26)45-34-10-8-7-9-31(34)32-14-12-30(22-35(32)45)46-29-13-16-36-33(21-29)39-37(47-36)15-11-28-19-27(24-42(4,5)6)25-44-40(28)39;/h7-20,25H,23-24H2,1-6H3;/q-2;+2. The summed E-state index contributed by atoms with van der Waals surface area (Å²) >= 11 is 0. The Bertz CT molecular complexity index is 2480. The van der Waals surface area contributed by atoms with E-state index >= 15 is 0 Å². The van der Waals surface area contributed by atoms with Crippen LogP contribution in [0.3, 0.4) is 0 Å². The van der Waals surface area contributed by atoms with Crippen LogP contribution in [0.15, 0.2) is 95.7 Å². The van der Waals surface area contributed by atoms with Gasteiger partial charge < -0.3 is 13.7 Å². The number of hydrogen-bond donors (Lipinski definition) is 0. The van der Waals surface area contributed by atoms with Crippen molar-refractivity contribution in [2.45, 2.75) is 54.4 Å². The van der Waals surface area contributed by atoms with Gasteiger partial charge in [-0.3, -0.25) is 4.98 Å². The van der Waals surface area contributed by atoms with E-state index in [-0.39, 0.29) is 31.9 Å². The zero-order chi connectivity index (χ0) is 32.5. The van der Waals surface area contributed by atoms with Crippen LogP contribution < -0.4 is 4.74 Å². The van der Waals surface area contributed by atoms with E-state index in [1.54, 1.807) is 0 Å². The van der Waals surface area contributed by atoms with Crippen molar-refractivity contribution in [1.82, 2.24) is 14.5 Å². The van der Waals surface area contributed by atoms with E-state index in [9.17, 15) is 0 Å². The van der Waals surface area contributed by atoms with E-state index in [0.29, 0.717) is 11.5 Å². The third-order valence-corrected chi connectivity index (χ3v) is 8.51. The molecule has 48 heavy (non-hydrogen) atoms. The zero-order valence-corrected chi connectivity index (χ0v) is 30.3. The molecule has 0 radical (unpaired) electrons. The second kappa shape index (κ2) is 11.9. The average molecular weight is 811 g/mol. The Balaban J connectivity index is 0.00000364. The van der Waals surface area contributed by atoms with Crippen LogP contribution in [0.5, 0.6) is 11.5 Å². The number of rotatable bonds is 5. The number of fused-ring (bicyclic) bond motifs is 8. The number of furan rings is 1. The Kier molecular flexibility index (Phi) is 7.95. The van der Waals surface area contributed by atoms with Gasteiger partial charge in [0.2, 0.25) is 0 Å². The van der Waals surface area contributed by atoms with Crippen LogP contribution in [0, 0.1) is 23.0 Å². The van der Waals surface area contributed by atoms with Crippen LogP contribution in [0.25, 0.3) is 60.5 Å². The molecule has 0 bridgehead atoms. The minimum Gasteiger partial charge on any atom is -0.510 e. The summed E-state index contributed by atoms with van der Waals surface area (Å²) in [7, 11) is 0. The maximum Gasteiger partial charge on any atom is 2.00 e. The summed E-state index contributed by atoms with van der Waals surface area (Å²) in [5, 5.41) is 5.14. The fourth-order valence-electron chi connectivity index (χ4n) is 6.77. The van der Waals surface area contributed by atoms with Crippen molar-refractivity contribution in [3.05, 3.63) is 115 Å². The van der Waals surface area contributed by atoms with Gasteiger partial charge in [0, 0.05) is 40.5 Å². The smallest absolute Gasteiger partial charge is 0.510 e. The van der Waals surface area contributed by atoms with Crippen molar-refractivity contribution in [2.75, 3.05) is 0 Å². The molecule has 0 fully saturated rings. The Labute approximate surface area is 295 Å². The third kappa shape index (κ3) is 6.01. The Morgan fingerprint density at radius 2 is 1.46 bits per heavy atom. The fourth-order valence-corrected chi connectivity index (χ4v) is 6.77. The normalized spacial score (nSPS) is 12.4. The Morgan fingerprint density at radius 1 is 0.729 bits per heavy atom. The van der Waals surface area contributed by atoms with Crippen LogP contribution in [0.1, 0.15) is 52.7 Å². The molecule has 242 valence electrons. The molecule has 0 N–H and O–H groups in total. The molecule has 0 aliphatic heterocycles. The molecule has 8 aromatic rings. The van der Waals surface area contributed by atoms with Gasteiger partial charge in [-0.2, -0.15) is 6.07 Å². The fraction of sp³-hybridized carbons (Fsp3) is 0.238. The number of benzene rings is 4. The molecular weight excluding hydrogens is 774 g/mol. The molecule has 0 aliphatic rings. The minimum atomic E-state index is 0. The molecule has 0 amide bonds. The predicted octanol–water partition coefficient (Wildman–Crippen LogP) is 11.2. The van der Waals surface area contributed by atoms with Crippen molar-refractivity contribution in [3.63, 3.8) is 0 Å². The number of aromatic nitrogens is 3. The van der Waals surface area contributed by atoms with Gasteiger partial charge in [0.1, 0.15) is 5.82 Å². The van der Waals surface area contributed by atoms with Crippen molar-refractivity contribution in [3.8, 4) is 17.3 Å². The summed E-state index contributed by atoms with van der Waals surface area (Å²) in [6.07, 6.45) is 5.81. The van der Waals surface area contributed by atoms with Gasteiger partial charge in [-0.1, -0.05) is 94.9 Å². The number of pyridine rings is 2. The molecule has 0 saturated heterocycles. The zero-order valence-electron chi connectivity index (χ0n) is 28.0. The van der Waals surface area contributed by atoms with E-state index in [0.717, 1.165) is 73.3 Å². The molecule has 0 spiro atoms. The Morgan fingerprint density at radius 3 is 2.27 bits per heavy atom. The number of ether oxygens (including phenoxy) is 1. The van der Waals surface area contributed by atoms with Gasteiger partial charge in [0.05, 0.1) is 5.58 Å². The van der Waals surface area contributed by atoms with Crippen molar-refractivity contribution < 1.29 is 30.2 Å². The molecular formula is C42H37N3O2Pt. The summed E-state index contributed by atoms with van der Waals surface area (Å²) < 4.78 is 14.9. The maximum absolute atomic E-state index is 6.47. The van der Waals surface area contributed by atoms with Crippen molar-refractivity contribution >= 4 is 54.6 Å². The average Bonchev–Trinajstić information content (AvgIpc) is 3.55. The summed E-state index contributed by atoms with van der Waals surface area (Å²) in [6, 6.07) is 34.1. The largest absolute Gasteiger partial charge is 2.00 e. The van der Waals surface area contributed by atoms with Crippen LogP contribution >= 0.6 is 0 Å². The van der Waals surface area contributed by atoms with Gasteiger partial charge in [-0.25, -0.2) is 4.98 Å². The van der Waals surface area contributed by atoms with E-state index in [4.69, 9.17) is 19.1 Å². The van der Waals surface area contributed by atoms with E-state index in [1.165, 1.54) is 11.1 Å². The first-order valence-corrected chi connectivity index (χ1v) is 16.2. The molecule has 5 nitrogen and oxygen atoms in total. The number of nitrogens with zero attached hydrogens (tertiary/aromatic N) is 3. The molecule has 0 aliphatic carbocycles.